The normalized spacial score (nSPS) is 22.5. The molecule has 0 aliphatic heterocycles. The van der Waals surface area contributed by atoms with E-state index in [2.05, 4.69) is 27.8 Å². The Hall–Kier alpha value is -1.71. The third kappa shape index (κ3) is 2.94. The molecule has 2 rings (SSSR count). The SMILES string of the molecule is CCOc1ccc([C@@H]2C[C@@H]2NC(=NC)NC)cc1. The molecule has 1 aliphatic rings. The molecule has 2 atom stereocenters. The summed E-state index contributed by atoms with van der Waals surface area (Å²) in [6.45, 7) is 2.71. The number of nitrogens with zero attached hydrogens (tertiary/aromatic N) is 1. The number of aliphatic imine (C=N–C) groups is 1. The van der Waals surface area contributed by atoms with E-state index in [1.54, 1.807) is 7.05 Å². The summed E-state index contributed by atoms with van der Waals surface area (Å²) in [5.74, 6) is 2.39. The third-order valence-corrected chi connectivity index (χ3v) is 3.19. The maximum absolute atomic E-state index is 5.44. The highest BCUT2D eigenvalue weighted by Gasteiger charge is 2.38. The van der Waals surface area contributed by atoms with Crippen LogP contribution in [0.25, 0.3) is 0 Å². The molecular formula is C14H21N3O. The van der Waals surface area contributed by atoms with Gasteiger partial charge in [0.1, 0.15) is 5.75 Å². The molecule has 98 valence electrons. The molecule has 4 nitrogen and oxygen atoms in total. The molecule has 0 heterocycles. The van der Waals surface area contributed by atoms with Crippen LogP contribution in [0, 0.1) is 0 Å². The topological polar surface area (TPSA) is 45.6 Å². The van der Waals surface area contributed by atoms with Crippen LogP contribution in [-0.2, 0) is 0 Å². The van der Waals surface area contributed by atoms with Crippen molar-refractivity contribution in [2.45, 2.75) is 25.3 Å². The van der Waals surface area contributed by atoms with Crippen molar-refractivity contribution in [2.75, 3.05) is 20.7 Å². The average molecular weight is 247 g/mol. The summed E-state index contributed by atoms with van der Waals surface area (Å²) in [5, 5.41) is 6.43. The molecule has 0 unspecified atom stereocenters. The van der Waals surface area contributed by atoms with Crippen LogP contribution in [0.15, 0.2) is 29.3 Å². The molecule has 0 bridgehead atoms. The Morgan fingerprint density at radius 2 is 2.11 bits per heavy atom. The quantitative estimate of drug-likeness (QED) is 0.629. The lowest BCUT2D eigenvalue weighted by atomic mass is 10.1. The van der Waals surface area contributed by atoms with E-state index in [0.717, 1.165) is 18.1 Å². The first-order valence-corrected chi connectivity index (χ1v) is 6.42. The van der Waals surface area contributed by atoms with E-state index in [4.69, 9.17) is 4.74 Å². The second kappa shape index (κ2) is 5.76. The Labute approximate surface area is 108 Å². The Morgan fingerprint density at radius 1 is 1.39 bits per heavy atom. The van der Waals surface area contributed by atoms with Gasteiger partial charge in [0.15, 0.2) is 5.96 Å². The predicted molar refractivity (Wildman–Crippen MR) is 74.3 cm³/mol. The molecule has 0 saturated heterocycles. The molecule has 1 aromatic rings. The molecule has 0 spiro atoms. The van der Waals surface area contributed by atoms with Crippen molar-refractivity contribution >= 4 is 5.96 Å². The van der Waals surface area contributed by atoms with Crippen molar-refractivity contribution < 1.29 is 4.74 Å². The van der Waals surface area contributed by atoms with Crippen LogP contribution in [0.2, 0.25) is 0 Å². The van der Waals surface area contributed by atoms with Crippen LogP contribution in [0.1, 0.15) is 24.8 Å². The first-order chi connectivity index (χ1) is 8.78. The predicted octanol–water partition coefficient (Wildman–Crippen LogP) is 1.74. The van der Waals surface area contributed by atoms with E-state index >= 15 is 0 Å². The molecule has 0 amide bonds. The van der Waals surface area contributed by atoms with Gasteiger partial charge in [-0.2, -0.15) is 0 Å². The van der Waals surface area contributed by atoms with Gasteiger partial charge in [0.2, 0.25) is 0 Å². The van der Waals surface area contributed by atoms with Crippen molar-refractivity contribution in [3.63, 3.8) is 0 Å². The number of benzene rings is 1. The number of rotatable bonds is 4. The molecular weight excluding hydrogens is 226 g/mol. The zero-order valence-electron chi connectivity index (χ0n) is 11.2. The minimum absolute atomic E-state index is 0.495. The standard InChI is InChI=1S/C14H21N3O/c1-4-18-11-7-5-10(6-8-11)12-9-13(12)17-14(15-2)16-3/h5-8,12-13H,4,9H2,1-3H3,(H2,15,16,17)/t12-,13-/m0/s1. The third-order valence-electron chi connectivity index (χ3n) is 3.19. The molecule has 1 aromatic carbocycles. The molecule has 4 heteroatoms. The Kier molecular flexibility index (Phi) is 4.07. The summed E-state index contributed by atoms with van der Waals surface area (Å²) < 4.78 is 5.44. The van der Waals surface area contributed by atoms with E-state index in [1.165, 1.54) is 5.56 Å². The van der Waals surface area contributed by atoms with E-state index < -0.39 is 0 Å². The fourth-order valence-electron chi connectivity index (χ4n) is 2.12. The molecule has 0 radical (unpaired) electrons. The van der Waals surface area contributed by atoms with E-state index in [0.29, 0.717) is 18.6 Å². The minimum Gasteiger partial charge on any atom is -0.494 e. The molecule has 2 N–H and O–H groups in total. The zero-order chi connectivity index (χ0) is 13.0. The summed E-state index contributed by atoms with van der Waals surface area (Å²) in [6.07, 6.45) is 1.16. The number of hydrogen-bond acceptors (Lipinski definition) is 2. The fraction of sp³-hybridized carbons (Fsp3) is 0.500. The van der Waals surface area contributed by atoms with Crippen molar-refractivity contribution in [1.29, 1.82) is 0 Å². The molecule has 1 saturated carbocycles. The van der Waals surface area contributed by atoms with E-state index in [-0.39, 0.29) is 0 Å². The lowest BCUT2D eigenvalue weighted by Crippen LogP contribution is -2.36. The maximum atomic E-state index is 5.44. The number of nitrogens with one attached hydrogen (secondary N) is 2. The van der Waals surface area contributed by atoms with Gasteiger partial charge in [0, 0.05) is 26.1 Å². The average Bonchev–Trinajstić information content (AvgIpc) is 3.16. The lowest BCUT2D eigenvalue weighted by molar-refractivity contribution is 0.340. The largest absolute Gasteiger partial charge is 0.494 e. The van der Waals surface area contributed by atoms with Crippen molar-refractivity contribution in [3.8, 4) is 5.75 Å². The van der Waals surface area contributed by atoms with Gasteiger partial charge in [-0.15, -0.1) is 0 Å². The summed E-state index contributed by atoms with van der Waals surface area (Å²) in [7, 11) is 3.66. The van der Waals surface area contributed by atoms with Gasteiger partial charge in [-0.3, -0.25) is 4.99 Å². The summed E-state index contributed by atoms with van der Waals surface area (Å²) in [4.78, 5) is 4.13. The van der Waals surface area contributed by atoms with E-state index in [1.807, 2.05) is 26.1 Å². The van der Waals surface area contributed by atoms with Crippen LogP contribution < -0.4 is 15.4 Å². The fourth-order valence-corrected chi connectivity index (χ4v) is 2.12. The smallest absolute Gasteiger partial charge is 0.190 e. The second-order valence-corrected chi connectivity index (χ2v) is 4.42. The minimum atomic E-state index is 0.495. The number of guanidine groups is 1. The van der Waals surface area contributed by atoms with Crippen LogP contribution >= 0.6 is 0 Å². The van der Waals surface area contributed by atoms with Gasteiger partial charge in [-0.1, -0.05) is 12.1 Å². The highest BCUT2D eigenvalue weighted by atomic mass is 16.5. The lowest BCUT2D eigenvalue weighted by Gasteiger charge is -2.08. The van der Waals surface area contributed by atoms with Gasteiger partial charge < -0.3 is 15.4 Å². The van der Waals surface area contributed by atoms with Crippen molar-refractivity contribution in [2.24, 2.45) is 4.99 Å². The monoisotopic (exact) mass is 247 g/mol. The summed E-state index contributed by atoms with van der Waals surface area (Å²) in [6, 6.07) is 8.88. The number of hydrogen-bond donors (Lipinski definition) is 2. The zero-order valence-corrected chi connectivity index (χ0v) is 11.2. The van der Waals surface area contributed by atoms with Crippen LogP contribution in [-0.4, -0.2) is 32.7 Å². The summed E-state index contributed by atoms with van der Waals surface area (Å²) in [5.41, 5.74) is 1.36. The van der Waals surface area contributed by atoms with Crippen LogP contribution in [0.4, 0.5) is 0 Å². The van der Waals surface area contributed by atoms with Crippen LogP contribution in [0.5, 0.6) is 5.75 Å². The van der Waals surface area contributed by atoms with Gasteiger partial charge in [-0.05, 0) is 31.0 Å². The maximum Gasteiger partial charge on any atom is 0.190 e. The van der Waals surface area contributed by atoms with Gasteiger partial charge in [-0.25, -0.2) is 0 Å². The van der Waals surface area contributed by atoms with Gasteiger partial charge >= 0.3 is 0 Å². The molecule has 1 fully saturated rings. The van der Waals surface area contributed by atoms with E-state index in [9.17, 15) is 0 Å². The van der Waals surface area contributed by atoms with Crippen LogP contribution in [0.3, 0.4) is 0 Å². The first-order valence-electron chi connectivity index (χ1n) is 6.42. The Morgan fingerprint density at radius 3 is 2.67 bits per heavy atom. The number of ether oxygens (including phenoxy) is 1. The Bertz CT molecular complexity index is 414. The highest BCUT2D eigenvalue weighted by Crippen LogP contribution is 2.41. The summed E-state index contributed by atoms with van der Waals surface area (Å²) >= 11 is 0. The van der Waals surface area contributed by atoms with Gasteiger partial charge in [0.05, 0.1) is 6.61 Å². The second-order valence-electron chi connectivity index (χ2n) is 4.42. The van der Waals surface area contributed by atoms with Gasteiger partial charge in [0.25, 0.3) is 0 Å². The molecule has 18 heavy (non-hydrogen) atoms. The van der Waals surface area contributed by atoms with Crippen molar-refractivity contribution in [3.05, 3.63) is 29.8 Å². The molecule has 0 aromatic heterocycles. The molecule has 1 aliphatic carbocycles. The highest BCUT2D eigenvalue weighted by molar-refractivity contribution is 5.80. The first kappa shape index (κ1) is 12.7. The Balaban J connectivity index is 1.91. The van der Waals surface area contributed by atoms with Crippen molar-refractivity contribution in [1.82, 2.24) is 10.6 Å².